The van der Waals surface area contributed by atoms with Crippen molar-refractivity contribution in [1.29, 1.82) is 0 Å². The maximum absolute atomic E-state index is 11.8. The topological polar surface area (TPSA) is 72.2 Å². The van der Waals surface area contributed by atoms with Gasteiger partial charge in [0.25, 0.3) is 17.6 Å². The molecule has 0 unspecified atom stereocenters. The third kappa shape index (κ3) is 1.84. The van der Waals surface area contributed by atoms with E-state index in [4.69, 9.17) is 0 Å². The standard InChI is InChI=1S/C11H9N5OS/c1-7-4-5-12-11-14-10(15-16(7)11)13-9(17)8-3-2-6-18-8/h2-6H,1H3,(H,13,15,17). The Hall–Kier alpha value is -2.28. The molecule has 0 bridgehead atoms. The van der Waals surface area contributed by atoms with Crippen molar-refractivity contribution in [2.24, 2.45) is 0 Å². The van der Waals surface area contributed by atoms with Gasteiger partial charge in [-0.25, -0.2) is 4.98 Å². The summed E-state index contributed by atoms with van der Waals surface area (Å²) in [5.74, 6) is 0.519. The predicted molar refractivity (Wildman–Crippen MR) is 67.8 cm³/mol. The van der Waals surface area contributed by atoms with Crippen molar-refractivity contribution in [3.05, 3.63) is 40.3 Å². The van der Waals surface area contributed by atoms with Crippen LogP contribution in [0.4, 0.5) is 5.95 Å². The van der Waals surface area contributed by atoms with E-state index in [0.717, 1.165) is 5.69 Å². The fraction of sp³-hybridized carbons (Fsp3) is 0.0909. The van der Waals surface area contributed by atoms with Gasteiger partial charge in [-0.1, -0.05) is 6.07 Å². The van der Waals surface area contributed by atoms with E-state index in [-0.39, 0.29) is 11.9 Å². The number of hydrogen-bond donors (Lipinski definition) is 1. The normalized spacial score (nSPS) is 10.7. The number of anilines is 1. The van der Waals surface area contributed by atoms with Crippen molar-refractivity contribution in [3.63, 3.8) is 0 Å². The summed E-state index contributed by atoms with van der Waals surface area (Å²) in [5, 5.41) is 8.67. The molecule has 3 heterocycles. The first kappa shape index (κ1) is 10.8. The van der Waals surface area contributed by atoms with Gasteiger partial charge in [-0.3, -0.25) is 10.1 Å². The molecule has 0 spiro atoms. The summed E-state index contributed by atoms with van der Waals surface area (Å²) in [6.45, 7) is 1.90. The minimum absolute atomic E-state index is 0.210. The number of hydrogen-bond acceptors (Lipinski definition) is 5. The second kappa shape index (κ2) is 4.19. The van der Waals surface area contributed by atoms with Crippen LogP contribution in [0.1, 0.15) is 15.4 Å². The van der Waals surface area contributed by atoms with Gasteiger partial charge in [0.1, 0.15) is 0 Å². The first-order valence-electron chi connectivity index (χ1n) is 5.27. The van der Waals surface area contributed by atoms with Crippen molar-refractivity contribution in [2.45, 2.75) is 6.92 Å². The van der Waals surface area contributed by atoms with Crippen LogP contribution in [-0.2, 0) is 0 Å². The van der Waals surface area contributed by atoms with Crippen LogP contribution in [-0.4, -0.2) is 25.5 Å². The molecule has 0 saturated carbocycles. The van der Waals surface area contributed by atoms with Gasteiger partial charge in [0, 0.05) is 11.9 Å². The molecular formula is C11H9N5OS. The van der Waals surface area contributed by atoms with Crippen LogP contribution in [0.25, 0.3) is 5.78 Å². The van der Waals surface area contributed by atoms with Crippen molar-refractivity contribution in [2.75, 3.05) is 5.32 Å². The minimum Gasteiger partial charge on any atom is -0.288 e. The van der Waals surface area contributed by atoms with Crippen molar-refractivity contribution >= 4 is 29.0 Å². The van der Waals surface area contributed by atoms with Crippen LogP contribution in [0.5, 0.6) is 0 Å². The summed E-state index contributed by atoms with van der Waals surface area (Å²) in [7, 11) is 0. The number of carbonyl (C=O) groups is 1. The van der Waals surface area contributed by atoms with Crippen molar-refractivity contribution < 1.29 is 4.79 Å². The van der Waals surface area contributed by atoms with Crippen molar-refractivity contribution in [3.8, 4) is 0 Å². The summed E-state index contributed by atoms with van der Waals surface area (Å²) in [6, 6.07) is 5.40. The Morgan fingerprint density at radius 1 is 1.44 bits per heavy atom. The number of nitrogens with one attached hydrogen (secondary N) is 1. The SMILES string of the molecule is Cc1ccnc2nc(NC(=O)c3cccs3)nn12. The van der Waals surface area contributed by atoms with Crippen LogP contribution in [0.15, 0.2) is 29.8 Å². The number of rotatable bonds is 2. The molecule has 0 fully saturated rings. The Morgan fingerprint density at radius 3 is 3.06 bits per heavy atom. The molecule has 18 heavy (non-hydrogen) atoms. The highest BCUT2D eigenvalue weighted by Crippen LogP contribution is 2.11. The van der Waals surface area contributed by atoms with Crippen LogP contribution in [0.2, 0.25) is 0 Å². The van der Waals surface area contributed by atoms with E-state index in [2.05, 4.69) is 20.4 Å². The van der Waals surface area contributed by atoms with Gasteiger partial charge in [0.15, 0.2) is 0 Å². The minimum atomic E-state index is -0.210. The lowest BCUT2D eigenvalue weighted by Gasteiger charge is -1.96. The Morgan fingerprint density at radius 2 is 2.33 bits per heavy atom. The van der Waals surface area contributed by atoms with Crippen LogP contribution in [0.3, 0.4) is 0 Å². The lowest BCUT2D eigenvalue weighted by molar-refractivity contribution is 0.102. The predicted octanol–water partition coefficient (Wildman–Crippen LogP) is 1.75. The number of carbonyl (C=O) groups excluding carboxylic acids is 1. The smallest absolute Gasteiger partial charge is 0.268 e. The lowest BCUT2D eigenvalue weighted by Crippen LogP contribution is -2.11. The Labute approximate surface area is 106 Å². The zero-order valence-electron chi connectivity index (χ0n) is 9.49. The average Bonchev–Trinajstić information content (AvgIpc) is 2.97. The molecule has 1 N–H and O–H groups in total. The van der Waals surface area contributed by atoms with E-state index in [1.54, 1.807) is 16.8 Å². The zero-order valence-corrected chi connectivity index (χ0v) is 10.3. The molecule has 0 aliphatic rings. The molecule has 1 amide bonds. The molecule has 3 rings (SSSR count). The molecular weight excluding hydrogens is 250 g/mol. The third-order valence-electron chi connectivity index (χ3n) is 2.40. The zero-order chi connectivity index (χ0) is 12.5. The highest BCUT2D eigenvalue weighted by Gasteiger charge is 2.11. The molecule has 0 saturated heterocycles. The van der Waals surface area contributed by atoms with E-state index in [1.165, 1.54) is 11.3 Å². The molecule has 0 atom stereocenters. The van der Waals surface area contributed by atoms with Crippen LogP contribution < -0.4 is 5.32 Å². The number of aromatic nitrogens is 4. The van der Waals surface area contributed by atoms with Crippen LogP contribution >= 0.6 is 11.3 Å². The number of thiophene rings is 1. The number of fused-ring (bicyclic) bond motifs is 1. The fourth-order valence-electron chi connectivity index (χ4n) is 1.53. The number of amides is 1. The van der Waals surface area contributed by atoms with E-state index >= 15 is 0 Å². The maximum atomic E-state index is 11.8. The van der Waals surface area contributed by atoms with Gasteiger partial charge < -0.3 is 0 Å². The first-order chi connectivity index (χ1) is 8.74. The molecule has 90 valence electrons. The summed E-state index contributed by atoms with van der Waals surface area (Å²) >= 11 is 1.37. The van der Waals surface area contributed by atoms with E-state index in [0.29, 0.717) is 10.7 Å². The van der Waals surface area contributed by atoms with Crippen molar-refractivity contribution in [1.82, 2.24) is 19.6 Å². The molecule has 0 radical (unpaired) electrons. The van der Waals surface area contributed by atoms with Gasteiger partial charge in [-0.15, -0.1) is 16.4 Å². The van der Waals surface area contributed by atoms with Gasteiger partial charge in [0.05, 0.1) is 4.88 Å². The number of nitrogens with zero attached hydrogens (tertiary/aromatic N) is 4. The fourth-order valence-corrected chi connectivity index (χ4v) is 2.15. The van der Waals surface area contributed by atoms with E-state index in [1.807, 2.05) is 24.4 Å². The largest absolute Gasteiger partial charge is 0.288 e. The van der Waals surface area contributed by atoms with E-state index < -0.39 is 0 Å². The Bertz CT molecular complexity index is 703. The van der Waals surface area contributed by atoms with Gasteiger partial charge in [-0.05, 0) is 24.4 Å². The molecule has 6 nitrogen and oxygen atoms in total. The summed E-state index contributed by atoms with van der Waals surface area (Å²) < 4.78 is 1.59. The second-order valence-corrected chi connectivity index (χ2v) is 4.61. The third-order valence-corrected chi connectivity index (χ3v) is 3.27. The maximum Gasteiger partial charge on any atom is 0.268 e. The Balaban J connectivity index is 1.92. The van der Waals surface area contributed by atoms with Gasteiger partial charge in [0.2, 0.25) is 0 Å². The average molecular weight is 259 g/mol. The monoisotopic (exact) mass is 259 g/mol. The highest BCUT2D eigenvalue weighted by atomic mass is 32.1. The Kier molecular flexibility index (Phi) is 2.52. The molecule has 7 heteroatoms. The summed E-state index contributed by atoms with van der Waals surface area (Å²) in [5.41, 5.74) is 0.907. The molecule has 0 aromatic carbocycles. The van der Waals surface area contributed by atoms with Crippen LogP contribution in [0, 0.1) is 6.92 Å². The lowest BCUT2D eigenvalue weighted by atomic mass is 10.4. The molecule has 0 aliphatic carbocycles. The van der Waals surface area contributed by atoms with Gasteiger partial charge >= 0.3 is 0 Å². The molecule has 0 aliphatic heterocycles. The quantitative estimate of drug-likeness (QED) is 0.761. The summed E-state index contributed by atoms with van der Waals surface area (Å²) in [4.78, 5) is 20.7. The second-order valence-electron chi connectivity index (χ2n) is 3.66. The van der Waals surface area contributed by atoms with Gasteiger partial charge in [-0.2, -0.15) is 9.50 Å². The molecule has 3 aromatic heterocycles. The van der Waals surface area contributed by atoms with E-state index in [9.17, 15) is 4.79 Å². The molecule has 3 aromatic rings. The first-order valence-corrected chi connectivity index (χ1v) is 6.15. The summed E-state index contributed by atoms with van der Waals surface area (Å²) in [6.07, 6.45) is 1.66. The number of aryl methyl sites for hydroxylation is 1. The highest BCUT2D eigenvalue weighted by molar-refractivity contribution is 7.12.